The Morgan fingerprint density at radius 1 is 1.19 bits per heavy atom. The van der Waals surface area contributed by atoms with Gasteiger partial charge in [-0.1, -0.05) is 24.3 Å². The van der Waals surface area contributed by atoms with Gasteiger partial charge < -0.3 is 15.2 Å². The monoisotopic (exact) mass is 368 g/mol. The summed E-state index contributed by atoms with van der Waals surface area (Å²) in [7, 11) is 1.62. The van der Waals surface area contributed by atoms with Gasteiger partial charge in [-0.15, -0.1) is 0 Å². The molecular formula is C19H16N2O4S. The predicted molar refractivity (Wildman–Crippen MR) is 101 cm³/mol. The number of thiocarbonyl (C=S) groups is 1. The van der Waals surface area contributed by atoms with Crippen LogP contribution in [-0.2, 0) is 11.4 Å². The highest BCUT2D eigenvalue weighted by molar-refractivity contribution is 7.80. The first-order chi connectivity index (χ1) is 12.4. The van der Waals surface area contributed by atoms with Gasteiger partial charge in [-0.3, -0.25) is 9.69 Å². The van der Waals surface area contributed by atoms with Gasteiger partial charge in [0, 0.05) is 7.05 Å². The first-order valence-electron chi connectivity index (χ1n) is 7.80. The van der Waals surface area contributed by atoms with E-state index >= 15 is 0 Å². The molecule has 132 valence electrons. The van der Waals surface area contributed by atoms with Gasteiger partial charge in [0.25, 0.3) is 5.91 Å². The number of amides is 1. The minimum absolute atomic E-state index is 0.167. The highest BCUT2D eigenvalue weighted by Crippen LogP contribution is 2.18. The van der Waals surface area contributed by atoms with Crippen molar-refractivity contribution in [1.82, 2.24) is 10.2 Å². The summed E-state index contributed by atoms with van der Waals surface area (Å²) >= 11 is 5.04. The van der Waals surface area contributed by atoms with E-state index in [4.69, 9.17) is 22.1 Å². The third kappa shape index (κ3) is 3.89. The molecule has 26 heavy (non-hydrogen) atoms. The van der Waals surface area contributed by atoms with Crippen LogP contribution >= 0.6 is 12.2 Å². The Balaban J connectivity index is 1.62. The molecule has 7 heteroatoms. The third-order valence-corrected chi connectivity index (χ3v) is 4.25. The van der Waals surface area contributed by atoms with Crippen molar-refractivity contribution in [1.29, 1.82) is 0 Å². The SMILES string of the molecule is CN1C(=O)C(=Cc2ccc(OCc3ccc(C(=O)O)cc3)cc2)NC1=S. The van der Waals surface area contributed by atoms with Crippen molar-refractivity contribution in [2.45, 2.75) is 6.61 Å². The third-order valence-electron chi connectivity index (χ3n) is 3.88. The Hall–Kier alpha value is -3.19. The van der Waals surface area contributed by atoms with Crippen LogP contribution in [0, 0.1) is 0 Å². The van der Waals surface area contributed by atoms with E-state index in [-0.39, 0.29) is 11.5 Å². The molecule has 3 rings (SSSR count). The highest BCUT2D eigenvalue weighted by Gasteiger charge is 2.26. The van der Waals surface area contributed by atoms with Gasteiger partial charge >= 0.3 is 5.97 Å². The Morgan fingerprint density at radius 2 is 1.85 bits per heavy atom. The van der Waals surface area contributed by atoms with Crippen LogP contribution < -0.4 is 10.1 Å². The van der Waals surface area contributed by atoms with Crippen molar-refractivity contribution in [2.24, 2.45) is 0 Å². The molecule has 0 saturated carbocycles. The quantitative estimate of drug-likeness (QED) is 0.624. The summed E-state index contributed by atoms with van der Waals surface area (Å²) in [6, 6.07) is 13.8. The van der Waals surface area contributed by atoms with Crippen molar-refractivity contribution >= 4 is 35.3 Å². The number of nitrogens with one attached hydrogen (secondary N) is 1. The average Bonchev–Trinajstić information content (AvgIpc) is 2.88. The molecule has 1 fully saturated rings. The Labute approximate surface area is 155 Å². The number of carbonyl (C=O) groups excluding carboxylic acids is 1. The molecule has 1 heterocycles. The van der Waals surface area contributed by atoms with Gasteiger partial charge in [0.05, 0.1) is 5.56 Å². The van der Waals surface area contributed by atoms with Crippen LogP contribution in [0.4, 0.5) is 0 Å². The lowest BCUT2D eigenvalue weighted by Crippen LogP contribution is -2.25. The lowest BCUT2D eigenvalue weighted by atomic mass is 10.1. The van der Waals surface area contributed by atoms with Crippen LogP contribution in [-0.4, -0.2) is 34.0 Å². The number of likely N-dealkylation sites (N-methyl/N-ethyl adjacent to an activating group) is 1. The fourth-order valence-electron chi connectivity index (χ4n) is 2.36. The summed E-state index contributed by atoms with van der Waals surface area (Å²) in [5.74, 6) is -0.447. The molecule has 2 N–H and O–H groups in total. The summed E-state index contributed by atoms with van der Waals surface area (Å²) in [6.07, 6.45) is 1.73. The van der Waals surface area contributed by atoms with E-state index < -0.39 is 5.97 Å². The molecule has 2 aromatic carbocycles. The molecule has 0 aliphatic carbocycles. The summed E-state index contributed by atoms with van der Waals surface area (Å²) in [4.78, 5) is 24.2. The normalized spacial score (nSPS) is 15.3. The van der Waals surface area contributed by atoms with E-state index in [2.05, 4.69) is 5.32 Å². The largest absolute Gasteiger partial charge is 0.489 e. The number of hydrogen-bond acceptors (Lipinski definition) is 4. The minimum Gasteiger partial charge on any atom is -0.489 e. The maximum absolute atomic E-state index is 12.0. The smallest absolute Gasteiger partial charge is 0.335 e. The Morgan fingerprint density at radius 3 is 2.38 bits per heavy atom. The molecule has 0 unspecified atom stereocenters. The molecule has 1 saturated heterocycles. The lowest BCUT2D eigenvalue weighted by Gasteiger charge is -2.07. The highest BCUT2D eigenvalue weighted by atomic mass is 32.1. The van der Waals surface area contributed by atoms with Crippen molar-refractivity contribution in [3.8, 4) is 5.75 Å². The number of aromatic carboxylic acids is 1. The van der Waals surface area contributed by atoms with Gasteiger partial charge in [-0.05, 0) is 53.7 Å². The second-order valence-corrected chi connectivity index (χ2v) is 6.10. The molecule has 1 aliphatic heterocycles. The van der Waals surface area contributed by atoms with Gasteiger partial charge in [-0.2, -0.15) is 0 Å². The fourth-order valence-corrected chi connectivity index (χ4v) is 2.55. The molecule has 0 radical (unpaired) electrons. The average molecular weight is 368 g/mol. The number of nitrogens with zero attached hydrogens (tertiary/aromatic N) is 1. The number of rotatable bonds is 5. The Kier molecular flexibility index (Phi) is 4.99. The minimum atomic E-state index is -0.954. The molecule has 2 aromatic rings. The van der Waals surface area contributed by atoms with Gasteiger partial charge in [-0.25, -0.2) is 4.79 Å². The topological polar surface area (TPSA) is 78.9 Å². The summed E-state index contributed by atoms with van der Waals surface area (Å²) in [5, 5.41) is 12.1. The molecular weight excluding hydrogens is 352 g/mol. The predicted octanol–water partition coefficient (Wildman–Crippen LogP) is 2.65. The molecule has 0 atom stereocenters. The zero-order chi connectivity index (χ0) is 18.7. The number of carboxylic acid groups (broad SMARTS) is 1. The molecule has 1 aliphatic rings. The summed E-state index contributed by atoms with van der Waals surface area (Å²) < 4.78 is 5.69. The van der Waals surface area contributed by atoms with E-state index in [1.54, 1.807) is 49.5 Å². The Bertz CT molecular complexity index is 889. The standard InChI is InChI=1S/C19H16N2O4S/c1-21-17(22)16(20-19(21)26)10-12-4-8-15(9-5-12)25-11-13-2-6-14(7-3-13)18(23)24/h2-10H,11H2,1H3,(H,20,26)(H,23,24). The fraction of sp³-hybridized carbons (Fsp3) is 0.105. The lowest BCUT2D eigenvalue weighted by molar-refractivity contribution is -0.121. The molecule has 0 bridgehead atoms. The molecule has 0 aromatic heterocycles. The number of benzene rings is 2. The van der Waals surface area contributed by atoms with Gasteiger partial charge in [0.1, 0.15) is 18.1 Å². The van der Waals surface area contributed by atoms with E-state index in [0.717, 1.165) is 11.1 Å². The maximum atomic E-state index is 12.0. The first kappa shape index (κ1) is 17.6. The number of carboxylic acids is 1. The maximum Gasteiger partial charge on any atom is 0.335 e. The van der Waals surface area contributed by atoms with Crippen LogP contribution in [0.1, 0.15) is 21.5 Å². The van der Waals surface area contributed by atoms with E-state index in [0.29, 0.717) is 23.2 Å². The summed E-state index contributed by atoms with van der Waals surface area (Å²) in [5.41, 5.74) is 2.40. The van der Waals surface area contributed by atoms with Gasteiger partial charge in [0.2, 0.25) is 0 Å². The van der Waals surface area contributed by atoms with Crippen LogP contribution in [0.2, 0.25) is 0 Å². The van der Waals surface area contributed by atoms with Crippen molar-refractivity contribution < 1.29 is 19.4 Å². The molecule has 6 nitrogen and oxygen atoms in total. The van der Waals surface area contributed by atoms with Crippen molar-refractivity contribution in [2.75, 3.05) is 7.05 Å². The number of ether oxygens (including phenoxy) is 1. The summed E-state index contributed by atoms with van der Waals surface area (Å²) in [6.45, 7) is 0.333. The van der Waals surface area contributed by atoms with Crippen LogP contribution in [0.25, 0.3) is 6.08 Å². The van der Waals surface area contributed by atoms with E-state index in [9.17, 15) is 9.59 Å². The zero-order valence-corrected chi connectivity index (χ0v) is 14.7. The van der Waals surface area contributed by atoms with E-state index in [1.807, 2.05) is 12.1 Å². The zero-order valence-electron chi connectivity index (χ0n) is 13.9. The second kappa shape index (κ2) is 7.37. The van der Waals surface area contributed by atoms with Crippen LogP contribution in [0.15, 0.2) is 54.2 Å². The van der Waals surface area contributed by atoms with Crippen molar-refractivity contribution in [3.05, 3.63) is 70.9 Å². The number of carbonyl (C=O) groups is 2. The molecule has 1 amide bonds. The first-order valence-corrected chi connectivity index (χ1v) is 8.21. The van der Waals surface area contributed by atoms with Gasteiger partial charge in [0.15, 0.2) is 5.11 Å². The van der Waals surface area contributed by atoms with Crippen LogP contribution in [0.5, 0.6) is 5.75 Å². The molecule has 0 spiro atoms. The van der Waals surface area contributed by atoms with E-state index in [1.165, 1.54) is 4.90 Å². The van der Waals surface area contributed by atoms with Crippen molar-refractivity contribution in [3.63, 3.8) is 0 Å². The number of hydrogen-bond donors (Lipinski definition) is 2. The van der Waals surface area contributed by atoms with Crippen LogP contribution in [0.3, 0.4) is 0 Å². The second-order valence-electron chi connectivity index (χ2n) is 5.71.